The number of aromatic nitrogens is 2. The number of nitrogens with two attached hydrogens (primary N) is 1. The maximum absolute atomic E-state index is 11.8. The fourth-order valence-electron chi connectivity index (χ4n) is 1.35. The van der Waals surface area contributed by atoms with Gasteiger partial charge in [-0.25, -0.2) is 9.97 Å². The van der Waals surface area contributed by atoms with Crippen molar-refractivity contribution >= 4 is 29.3 Å². The summed E-state index contributed by atoms with van der Waals surface area (Å²) in [4.78, 5) is 19.3. The fourth-order valence-corrected chi connectivity index (χ4v) is 1.48. The predicted molar refractivity (Wildman–Crippen MR) is 74.2 cm³/mol. The smallest absolute Gasteiger partial charge is 0.280 e. The minimum Gasteiger partial charge on any atom is -0.382 e. The number of nitrogen functional groups attached to an aromatic ring is 1. The van der Waals surface area contributed by atoms with Crippen molar-refractivity contribution in [2.45, 2.75) is 26.2 Å². The molecule has 1 amide bonds. The Morgan fingerprint density at radius 1 is 1.53 bits per heavy atom. The highest BCUT2D eigenvalue weighted by molar-refractivity contribution is 6.29. The Morgan fingerprint density at radius 3 is 2.95 bits per heavy atom. The molecule has 0 radical (unpaired) electrons. The lowest BCUT2D eigenvalue weighted by Gasteiger charge is -2.09. The van der Waals surface area contributed by atoms with Crippen LogP contribution in [-0.2, 0) is 0 Å². The number of nitrogens with one attached hydrogen (secondary N) is 3. The van der Waals surface area contributed by atoms with E-state index in [1.54, 1.807) is 0 Å². The summed E-state index contributed by atoms with van der Waals surface area (Å²) in [5.41, 5.74) is 5.43. The third kappa shape index (κ3) is 5.09. The van der Waals surface area contributed by atoms with Crippen molar-refractivity contribution in [1.29, 1.82) is 5.41 Å². The number of hydrogen-bond acceptors (Lipinski definition) is 5. The second-order valence-electron chi connectivity index (χ2n) is 3.89. The Balaban J connectivity index is 2.50. The van der Waals surface area contributed by atoms with E-state index in [1.807, 2.05) is 0 Å². The van der Waals surface area contributed by atoms with E-state index < -0.39 is 5.91 Å². The Kier molecular flexibility index (Phi) is 6.01. The number of carbonyl (C=O) groups is 1. The van der Waals surface area contributed by atoms with Gasteiger partial charge in [-0.3, -0.25) is 15.5 Å². The molecule has 0 aliphatic rings. The van der Waals surface area contributed by atoms with Gasteiger partial charge in [-0.15, -0.1) is 0 Å². The van der Waals surface area contributed by atoms with E-state index >= 15 is 0 Å². The molecule has 0 aromatic carbocycles. The van der Waals surface area contributed by atoms with Gasteiger partial charge in [0.25, 0.3) is 5.91 Å². The summed E-state index contributed by atoms with van der Waals surface area (Å²) >= 11 is 5.64. The summed E-state index contributed by atoms with van der Waals surface area (Å²) < 4.78 is 0. The van der Waals surface area contributed by atoms with Crippen molar-refractivity contribution in [1.82, 2.24) is 20.6 Å². The van der Waals surface area contributed by atoms with E-state index in [0.29, 0.717) is 6.54 Å². The minimum absolute atomic E-state index is 0.0271. The van der Waals surface area contributed by atoms with Crippen LogP contribution in [0.2, 0.25) is 5.15 Å². The van der Waals surface area contributed by atoms with Crippen molar-refractivity contribution in [3.63, 3.8) is 0 Å². The van der Waals surface area contributed by atoms with Gasteiger partial charge in [-0.2, -0.15) is 0 Å². The summed E-state index contributed by atoms with van der Waals surface area (Å²) in [6.45, 7) is 2.72. The second kappa shape index (κ2) is 7.52. The lowest BCUT2D eigenvalue weighted by Crippen LogP contribution is -2.41. The average molecular weight is 285 g/mol. The van der Waals surface area contributed by atoms with Gasteiger partial charge in [0.15, 0.2) is 17.5 Å². The standard InChI is InChI=1S/C11H17ClN6O/c1-2-3-4-5-15-11(14)18-10(19)8-9(13)16-6-7(12)17-8/h6H,2-5H2,1H3,(H2,13,16)(H3,14,15,18,19). The van der Waals surface area contributed by atoms with Gasteiger partial charge in [-0.05, 0) is 6.42 Å². The number of amides is 1. The van der Waals surface area contributed by atoms with Crippen LogP contribution in [0.1, 0.15) is 36.7 Å². The largest absolute Gasteiger partial charge is 0.382 e. The van der Waals surface area contributed by atoms with E-state index in [1.165, 1.54) is 6.20 Å². The van der Waals surface area contributed by atoms with Gasteiger partial charge in [0.1, 0.15) is 5.15 Å². The number of guanidine groups is 1. The summed E-state index contributed by atoms with van der Waals surface area (Å²) in [6.07, 6.45) is 4.35. The first-order chi connectivity index (χ1) is 9.04. The molecule has 0 bridgehead atoms. The van der Waals surface area contributed by atoms with Crippen LogP contribution in [0.3, 0.4) is 0 Å². The van der Waals surface area contributed by atoms with Crippen LogP contribution < -0.4 is 16.4 Å². The molecule has 1 heterocycles. The molecular formula is C11H17ClN6O. The van der Waals surface area contributed by atoms with E-state index in [-0.39, 0.29) is 22.6 Å². The van der Waals surface area contributed by atoms with E-state index in [4.69, 9.17) is 22.7 Å². The van der Waals surface area contributed by atoms with Crippen LogP contribution in [0.15, 0.2) is 6.20 Å². The fraction of sp³-hybridized carbons (Fsp3) is 0.455. The van der Waals surface area contributed by atoms with Crippen LogP contribution in [0.5, 0.6) is 0 Å². The van der Waals surface area contributed by atoms with E-state index in [2.05, 4.69) is 27.5 Å². The molecule has 5 N–H and O–H groups in total. The van der Waals surface area contributed by atoms with Crippen LogP contribution >= 0.6 is 11.6 Å². The molecule has 0 aliphatic heterocycles. The lowest BCUT2D eigenvalue weighted by molar-refractivity contribution is 0.0971. The molecule has 0 spiro atoms. The summed E-state index contributed by atoms with van der Waals surface area (Å²) in [6, 6.07) is 0. The lowest BCUT2D eigenvalue weighted by atomic mass is 10.2. The average Bonchev–Trinajstić information content (AvgIpc) is 2.37. The molecule has 0 saturated carbocycles. The Labute approximate surface area is 116 Å². The normalized spacial score (nSPS) is 10.0. The first-order valence-electron chi connectivity index (χ1n) is 5.96. The van der Waals surface area contributed by atoms with Crippen molar-refractivity contribution < 1.29 is 4.79 Å². The summed E-state index contributed by atoms with van der Waals surface area (Å²) in [5.74, 6) is -0.733. The highest BCUT2D eigenvalue weighted by atomic mass is 35.5. The summed E-state index contributed by atoms with van der Waals surface area (Å²) in [5, 5.41) is 12.7. The monoisotopic (exact) mass is 284 g/mol. The zero-order valence-electron chi connectivity index (χ0n) is 10.7. The van der Waals surface area contributed by atoms with Crippen molar-refractivity contribution in [3.8, 4) is 0 Å². The molecular weight excluding hydrogens is 268 g/mol. The first-order valence-corrected chi connectivity index (χ1v) is 6.34. The Morgan fingerprint density at radius 2 is 2.26 bits per heavy atom. The van der Waals surface area contributed by atoms with Crippen LogP contribution in [0, 0.1) is 5.41 Å². The highest BCUT2D eigenvalue weighted by Gasteiger charge is 2.14. The SMILES string of the molecule is CCCCCNC(=N)NC(=O)c1nc(Cl)cnc1N. The van der Waals surface area contributed by atoms with Gasteiger partial charge >= 0.3 is 0 Å². The molecule has 104 valence electrons. The molecule has 19 heavy (non-hydrogen) atoms. The van der Waals surface area contributed by atoms with Crippen molar-refractivity contribution in [2.75, 3.05) is 12.3 Å². The number of hydrogen-bond donors (Lipinski definition) is 4. The van der Waals surface area contributed by atoms with Crippen molar-refractivity contribution in [3.05, 3.63) is 17.0 Å². The maximum atomic E-state index is 11.8. The van der Waals surface area contributed by atoms with Crippen molar-refractivity contribution in [2.24, 2.45) is 0 Å². The first kappa shape index (κ1) is 15.2. The third-order valence-electron chi connectivity index (χ3n) is 2.31. The van der Waals surface area contributed by atoms with Gasteiger partial charge in [-0.1, -0.05) is 31.4 Å². The molecule has 0 unspecified atom stereocenters. The quantitative estimate of drug-likeness (QED) is 0.368. The van der Waals surface area contributed by atoms with Crippen LogP contribution in [0.25, 0.3) is 0 Å². The maximum Gasteiger partial charge on any atom is 0.280 e. The number of rotatable bonds is 5. The van der Waals surface area contributed by atoms with E-state index in [9.17, 15) is 4.79 Å². The van der Waals surface area contributed by atoms with E-state index in [0.717, 1.165) is 19.3 Å². The van der Waals surface area contributed by atoms with Gasteiger partial charge in [0.2, 0.25) is 0 Å². The number of unbranched alkanes of at least 4 members (excludes halogenated alkanes) is 2. The molecule has 1 aromatic heterocycles. The molecule has 0 saturated heterocycles. The number of halogens is 1. The number of nitrogens with zero attached hydrogens (tertiary/aromatic N) is 2. The van der Waals surface area contributed by atoms with Crippen LogP contribution in [-0.4, -0.2) is 28.4 Å². The molecule has 1 aromatic rings. The zero-order chi connectivity index (χ0) is 14.3. The summed E-state index contributed by atoms with van der Waals surface area (Å²) in [7, 11) is 0. The third-order valence-corrected chi connectivity index (χ3v) is 2.49. The van der Waals surface area contributed by atoms with Gasteiger partial charge < -0.3 is 11.1 Å². The Hall–Kier alpha value is -1.89. The zero-order valence-corrected chi connectivity index (χ0v) is 11.4. The molecule has 8 heteroatoms. The molecule has 0 aliphatic carbocycles. The molecule has 0 atom stereocenters. The molecule has 0 fully saturated rings. The molecule has 1 rings (SSSR count). The number of anilines is 1. The number of carbonyl (C=O) groups excluding carboxylic acids is 1. The molecule has 7 nitrogen and oxygen atoms in total. The Bertz CT molecular complexity index is 464. The minimum atomic E-state index is -0.611. The van der Waals surface area contributed by atoms with Crippen LogP contribution in [0.4, 0.5) is 5.82 Å². The predicted octanol–water partition coefficient (Wildman–Crippen LogP) is 1.16. The second-order valence-corrected chi connectivity index (χ2v) is 4.28. The van der Waals surface area contributed by atoms with Gasteiger partial charge in [0, 0.05) is 6.54 Å². The van der Waals surface area contributed by atoms with Gasteiger partial charge in [0.05, 0.1) is 6.20 Å². The highest BCUT2D eigenvalue weighted by Crippen LogP contribution is 2.09. The topological polar surface area (TPSA) is 117 Å².